The average molecular weight is 331 g/mol. The summed E-state index contributed by atoms with van der Waals surface area (Å²) in [5.74, 6) is 1.36. The summed E-state index contributed by atoms with van der Waals surface area (Å²) in [7, 11) is 0. The van der Waals surface area contributed by atoms with Crippen LogP contribution in [0, 0.1) is 17.3 Å². The van der Waals surface area contributed by atoms with Crippen LogP contribution >= 0.6 is 11.3 Å². The van der Waals surface area contributed by atoms with Gasteiger partial charge in [-0.2, -0.15) is 4.98 Å². The largest absolute Gasteiger partial charge is 0.347 e. The Morgan fingerprint density at radius 3 is 2.91 bits per heavy atom. The molecule has 1 saturated carbocycles. The topological polar surface area (TPSA) is 68.0 Å². The molecular formula is C17H21N3O2S. The van der Waals surface area contributed by atoms with Gasteiger partial charge in [0.25, 0.3) is 0 Å². The molecule has 3 rings (SSSR count). The van der Waals surface area contributed by atoms with Crippen LogP contribution in [0.4, 0.5) is 0 Å². The maximum atomic E-state index is 12.4. The van der Waals surface area contributed by atoms with E-state index < -0.39 is 0 Å². The highest BCUT2D eigenvalue weighted by molar-refractivity contribution is 7.13. The number of rotatable bonds is 5. The molecule has 0 radical (unpaired) electrons. The van der Waals surface area contributed by atoms with Crippen LogP contribution in [0.2, 0.25) is 0 Å². The van der Waals surface area contributed by atoms with Gasteiger partial charge in [0.2, 0.25) is 17.6 Å². The molecule has 2 aromatic rings. The van der Waals surface area contributed by atoms with Crippen molar-refractivity contribution in [1.82, 2.24) is 15.5 Å². The number of allylic oxidation sites excluding steroid dienone is 2. The monoisotopic (exact) mass is 331 g/mol. The second-order valence-corrected chi connectivity index (χ2v) is 7.72. The molecule has 0 spiro atoms. The molecule has 0 saturated heterocycles. The van der Waals surface area contributed by atoms with Crippen LogP contribution in [-0.4, -0.2) is 16.0 Å². The van der Waals surface area contributed by atoms with Crippen LogP contribution in [0.3, 0.4) is 0 Å². The summed E-state index contributed by atoms with van der Waals surface area (Å²) in [6, 6.07) is 3.88. The Morgan fingerprint density at radius 1 is 1.48 bits per heavy atom. The Balaban J connectivity index is 1.59. The standard InChI is InChI=1S/C17H21N3O2S/c1-10(2)8-11-14(17(11,3)4)16(21)18-9-13-19-15(20-22-13)12-6-5-7-23-12/h5-8,11,14H,9H2,1-4H3,(H,18,21)/t11-,14+/m1/s1. The van der Waals surface area contributed by atoms with E-state index in [0.29, 0.717) is 17.6 Å². The lowest BCUT2D eigenvalue weighted by Crippen LogP contribution is -2.26. The maximum absolute atomic E-state index is 12.4. The van der Waals surface area contributed by atoms with Gasteiger partial charge >= 0.3 is 0 Å². The van der Waals surface area contributed by atoms with Gasteiger partial charge in [-0.1, -0.05) is 36.7 Å². The van der Waals surface area contributed by atoms with Crippen molar-refractivity contribution in [2.24, 2.45) is 17.3 Å². The van der Waals surface area contributed by atoms with Gasteiger partial charge < -0.3 is 9.84 Å². The summed E-state index contributed by atoms with van der Waals surface area (Å²) < 4.78 is 5.20. The molecule has 0 aromatic carbocycles. The number of aromatic nitrogens is 2. The molecule has 1 aliphatic carbocycles. The highest BCUT2D eigenvalue weighted by Crippen LogP contribution is 2.59. The normalized spacial score (nSPS) is 21.7. The van der Waals surface area contributed by atoms with Crippen LogP contribution in [0.1, 0.15) is 33.6 Å². The molecule has 0 unspecified atom stereocenters. The zero-order valence-corrected chi connectivity index (χ0v) is 14.6. The van der Waals surface area contributed by atoms with Gasteiger partial charge in [0.05, 0.1) is 17.3 Å². The van der Waals surface area contributed by atoms with E-state index in [9.17, 15) is 4.79 Å². The third-order valence-electron chi connectivity index (χ3n) is 4.33. The Bertz CT molecular complexity index is 727. The third kappa shape index (κ3) is 3.22. The zero-order chi connectivity index (χ0) is 16.6. The number of carbonyl (C=O) groups is 1. The summed E-state index contributed by atoms with van der Waals surface area (Å²) in [6.07, 6.45) is 2.19. The van der Waals surface area contributed by atoms with Crippen molar-refractivity contribution in [2.75, 3.05) is 0 Å². The summed E-state index contributed by atoms with van der Waals surface area (Å²) in [5.41, 5.74) is 1.26. The highest BCUT2D eigenvalue weighted by Gasteiger charge is 2.60. The lowest BCUT2D eigenvalue weighted by atomic mass is 10.1. The van der Waals surface area contributed by atoms with Gasteiger partial charge in [-0.3, -0.25) is 4.79 Å². The molecular weight excluding hydrogens is 310 g/mol. The third-order valence-corrected chi connectivity index (χ3v) is 5.20. The molecule has 122 valence electrons. The van der Waals surface area contributed by atoms with Gasteiger partial charge in [0, 0.05) is 0 Å². The molecule has 23 heavy (non-hydrogen) atoms. The minimum atomic E-state index is 0.0112. The second-order valence-electron chi connectivity index (χ2n) is 6.78. The fraction of sp³-hybridized carbons (Fsp3) is 0.471. The van der Waals surface area contributed by atoms with Gasteiger partial charge in [0.1, 0.15) is 0 Å². The van der Waals surface area contributed by atoms with Crippen LogP contribution in [0.25, 0.3) is 10.7 Å². The summed E-state index contributed by atoms with van der Waals surface area (Å²) >= 11 is 1.56. The number of hydrogen-bond acceptors (Lipinski definition) is 5. The van der Waals surface area contributed by atoms with Crippen molar-refractivity contribution in [1.29, 1.82) is 0 Å². The zero-order valence-electron chi connectivity index (χ0n) is 13.8. The summed E-state index contributed by atoms with van der Waals surface area (Å²) in [5, 5.41) is 8.82. The fourth-order valence-electron chi connectivity index (χ4n) is 2.95. The first kappa shape index (κ1) is 15.9. The van der Waals surface area contributed by atoms with Gasteiger partial charge in [-0.05, 0) is 36.6 Å². The molecule has 6 heteroatoms. The van der Waals surface area contributed by atoms with E-state index in [2.05, 4.69) is 49.2 Å². The highest BCUT2D eigenvalue weighted by atomic mass is 32.1. The predicted octanol–water partition coefficient (Wildman–Crippen LogP) is 3.65. The Kier molecular flexibility index (Phi) is 4.10. The average Bonchev–Trinajstić information content (AvgIpc) is 2.96. The van der Waals surface area contributed by atoms with Crippen LogP contribution in [-0.2, 0) is 11.3 Å². The van der Waals surface area contributed by atoms with Crippen LogP contribution in [0.15, 0.2) is 33.7 Å². The number of thiophene rings is 1. The molecule has 1 fully saturated rings. The predicted molar refractivity (Wildman–Crippen MR) is 89.6 cm³/mol. The van der Waals surface area contributed by atoms with Crippen molar-refractivity contribution in [3.63, 3.8) is 0 Å². The number of nitrogens with one attached hydrogen (secondary N) is 1. The minimum Gasteiger partial charge on any atom is -0.347 e. The number of hydrogen-bond donors (Lipinski definition) is 1. The van der Waals surface area contributed by atoms with E-state index in [4.69, 9.17) is 4.52 Å². The van der Waals surface area contributed by atoms with E-state index in [-0.39, 0.29) is 23.8 Å². The first-order valence-electron chi connectivity index (χ1n) is 7.69. The smallest absolute Gasteiger partial charge is 0.246 e. The van der Waals surface area contributed by atoms with Gasteiger partial charge in [0.15, 0.2) is 0 Å². The number of carbonyl (C=O) groups excluding carboxylic acids is 1. The number of nitrogens with zero attached hydrogens (tertiary/aromatic N) is 2. The molecule has 2 heterocycles. The summed E-state index contributed by atoms with van der Waals surface area (Å²) in [6.45, 7) is 8.65. The van der Waals surface area contributed by atoms with Crippen molar-refractivity contribution in [3.05, 3.63) is 35.1 Å². The SMILES string of the molecule is CC(C)=C[C@@H]1[C@@H](C(=O)NCc2nc(-c3cccs3)no2)C1(C)C. The lowest BCUT2D eigenvalue weighted by molar-refractivity contribution is -0.123. The fourth-order valence-corrected chi connectivity index (χ4v) is 3.60. The van der Waals surface area contributed by atoms with Crippen molar-refractivity contribution in [3.8, 4) is 10.7 Å². The van der Waals surface area contributed by atoms with E-state index >= 15 is 0 Å². The number of amides is 1. The minimum absolute atomic E-state index is 0.0112. The van der Waals surface area contributed by atoms with E-state index in [1.54, 1.807) is 11.3 Å². The van der Waals surface area contributed by atoms with Crippen molar-refractivity contribution < 1.29 is 9.32 Å². The maximum Gasteiger partial charge on any atom is 0.246 e. The van der Waals surface area contributed by atoms with Gasteiger partial charge in [-0.25, -0.2) is 0 Å². The van der Waals surface area contributed by atoms with Crippen LogP contribution < -0.4 is 5.32 Å². The van der Waals surface area contributed by atoms with Crippen molar-refractivity contribution >= 4 is 17.2 Å². The van der Waals surface area contributed by atoms with E-state index in [0.717, 1.165) is 4.88 Å². The molecule has 1 N–H and O–H groups in total. The molecule has 1 aliphatic rings. The molecule has 0 aliphatic heterocycles. The molecule has 2 atom stereocenters. The molecule has 5 nitrogen and oxygen atoms in total. The van der Waals surface area contributed by atoms with Crippen molar-refractivity contribution in [2.45, 2.75) is 34.2 Å². The molecule has 2 aromatic heterocycles. The molecule has 0 bridgehead atoms. The quantitative estimate of drug-likeness (QED) is 0.849. The summed E-state index contributed by atoms with van der Waals surface area (Å²) in [4.78, 5) is 17.7. The Hall–Kier alpha value is -1.95. The lowest BCUT2D eigenvalue weighted by Gasteiger charge is -2.03. The van der Waals surface area contributed by atoms with Crippen LogP contribution in [0.5, 0.6) is 0 Å². The van der Waals surface area contributed by atoms with E-state index in [1.807, 2.05) is 17.5 Å². The second kappa shape index (κ2) is 5.92. The van der Waals surface area contributed by atoms with Gasteiger partial charge in [-0.15, -0.1) is 11.3 Å². The van der Waals surface area contributed by atoms with E-state index in [1.165, 1.54) is 5.57 Å². The Labute approximate surface area is 139 Å². The first-order chi connectivity index (χ1) is 10.9. The Morgan fingerprint density at radius 2 is 2.26 bits per heavy atom. The first-order valence-corrected chi connectivity index (χ1v) is 8.56. The molecule has 1 amide bonds.